The topological polar surface area (TPSA) is 72.9 Å². The van der Waals surface area contributed by atoms with E-state index in [9.17, 15) is 0 Å². The van der Waals surface area contributed by atoms with Crippen LogP contribution in [0.4, 0.5) is 5.13 Å². The number of hydrogen-bond acceptors (Lipinski definition) is 6. The molecule has 1 N–H and O–H groups in total. The molecule has 132 valence electrons. The first kappa shape index (κ1) is 15.8. The van der Waals surface area contributed by atoms with Gasteiger partial charge in [-0.2, -0.15) is 5.10 Å². The number of rotatable bonds is 3. The van der Waals surface area contributed by atoms with E-state index in [1.54, 1.807) is 11.3 Å². The molecule has 1 aromatic carbocycles. The molecule has 1 aliphatic rings. The summed E-state index contributed by atoms with van der Waals surface area (Å²) in [4.78, 5) is 9.99. The fraction of sp³-hybridized carbons (Fsp3) is 0.294. The maximum absolute atomic E-state index is 5.95. The molecule has 4 aromatic rings. The van der Waals surface area contributed by atoms with Gasteiger partial charge in [-0.15, -0.1) is 5.10 Å². The van der Waals surface area contributed by atoms with E-state index in [4.69, 9.17) is 11.6 Å². The molecule has 0 amide bonds. The highest BCUT2D eigenvalue weighted by molar-refractivity contribution is 7.20. The van der Waals surface area contributed by atoms with Crippen LogP contribution in [0.1, 0.15) is 18.1 Å². The van der Waals surface area contributed by atoms with Gasteiger partial charge in [0.05, 0.1) is 18.4 Å². The Hall–Kier alpha value is -2.45. The van der Waals surface area contributed by atoms with E-state index in [1.807, 2.05) is 46.6 Å². The third-order valence-electron chi connectivity index (χ3n) is 4.47. The number of halogens is 1. The molecule has 9 heteroatoms. The van der Waals surface area contributed by atoms with E-state index >= 15 is 0 Å². The van der Waals surface area contributed by atoms with Crippen LogP contribution in [0.5, 0.6) is 0 Å². The third kappa shape index (κ3) is 2.85. The average molecular weight is 386 g/mol. The standard InChI is InChI=1S/C17H16ClN7S/c1-10-19-15-7-6-13(8-24(15)22-10)20-16-23-25-9-14(21-17(25)26-16)11-2-4-12(18)5-3-11/h2-5,9,13H,6-8H2,1H3,(H,20,23). The largest absolute Gasteiger partial charge is 0.355 e. The van der Waals surface area contributed by atoms with Crippen molar-refractivity contribution in [2.75, 3.05) is 5.32 Å². The number of benzene rings is 1. The number of fused-ring (bicyclic) bond motifs is 2. The molecule has 1 aliphatic heterocycles. The zero-order chi connectivity index (χ0) is 17.7. The minimum Gasteiger partial charge on any atom is -0.355 e. The number of imidazole rings is 1. The summed E-state index contributed by atoms with van der Waals surface area (Å²) in [6.07, 6.45) is 3.90. The van der Waals surface area contributed by atoms with Crippen LogP contribution in [0, 0.1) is 6.92 Å². The minimum absolute atomic E-state index is 0.301. The third-order valence-corrected chi connectivity index (χ3v) is 5.58. The quantitative estimate of drug-likeness (QED) is 0.584. The molecule has 0 bridgehead atoms. The van der Waals surface area contributed by atoms with Crippen molar-refractivity contribution in [3.05, 3.63) is 47.1 Å². The fourth-order valence-corrected chi connectivity index (χ4v) is 4.23. The zero-order valence-electron chi connectivity index (χ0n) is 14.1. The number of anilines is 1. The monoisotopic (exact) mass is 385 g/mol. The Labute approximate surface area is 158 Å². The van der Waals surface area contributed by atoms with Crippen molar-refractivity contribution in [2.24, 2.45) is 0 Å². The lowest BCUT2D eigenvalue weighted by atomic mass is 10.1. The van der Waals surface area contributed by atoms with Gasteiger partial charge < -0.3 is 5.32 Å². The molecule has 0 fully saturated rings. The number of aromatic nitrogens is 6. The van der Waals surface area contributed by atoms with Gasteiger partial charge in [0.2, 0.25) is 10.1 Å². The van der Waals surface area contributed by atoms with Crippen molar-refractivity contribution in [2.45, 2.75) is 32.4 Å². The molecule has 4 heterocycles. The molecule has 1 unspecified atom stereocenters. The second-order valence-corrected chi connectivity index (χ2v) is 7.80. The van der Waals surface area contributed by atoms with Gasteiger partial charge in [-0.3, -0.25) is 0 Å². The molecule has 0 aliphatic carbocycles. The van der Waals surface area contributed by atoms with E-state index < -0.39 is 0 Å². The highest BCUT2D eigenvalue weighted by Crippen LogP contribution is 2.26. The lowest BCUT2D eigenvalue weighted by Crippen LogP contribution is -2.31. The van der Waals surface area contributed by atoms with E-state index in [1.165, 1.54) is 0 Å². The summed E-state index contributed by atoms with van der Waals surface area (Å²) in [7, 11) is 0. The Kier molecular flexibility index (Phi) is 3.68. The van der Waals surface area contributed by atoms with Crippen molar-refractivity contribution in [3.63, 3.8) is 0 Å². The molecule has 0 saturated heterocycles. The van der Waals surface area contributed by atoms with Gasteiger partial charge in [-0.25, -0.2) is 19.2 Å². The molecule has 5 rings (SSSR count). The van der Waals surface area contributed by atoms with Gasteiger partial charge in [-0.1, -0.05) is 35.1 Å². The number of nitrogens with zero attached hydrogens (tertiary/aromatic N) is 6. The summed E-state index contributed by atoms with van der Waals surface area (Å²) in [5.74, 6) is 1.91. The van der Waals surface area contributed by atoms with E-state index in [2.05, 4.69) is 25.5 Å². The lowest BCUT2D eigenvalue weighted by molar-refractivity contribution is 0.440. The van der Waals surface area contributed by atoms with Crippen molar-refractivity contribution in [1.29, 1.82) is 0 Å². The number of nitrogens with one attached hydrogen (secondary N) is 1. The van der Waals surface area contributed by atoms with Crippen LogP contribution in [0.3, 0.4) is 0 Å². The summed E-state index contributed by atoms with van der Waals surface area (Å²) in [6.45, 7) is 2.75. The maximum atomic E-state index is 5.95. The van der Waals surface area contributed by atoms with E-state index in [0.717, 1.165) is 57.4 Å². The first-order valence-corrected chi connectivity index (χ1v) is 9.62. The molecule has 0 radical (unpaired) electrons. The molecule has 3 aromatic heterocycles. The molecule has 0 saturated carbocycles. The highest BCUT2D eigenvalue weighted by Gasteiger charge is 2.22. The van der Waals surface area contributed by atoms with Crippen LogP contribution in [-0.4, -0.2) is 35.4 Å². The van der Waals surface area contributed by atoms with Crippen molar-refractivity contribution >= 4 is 33.0 Å². The second kappa shape index (κ2) is 6.07. The highest BCUT2D eigenvalue weighted by atomic mass is 35.5. The predicted molar refractivity (Wildman–Crippen MR) is 102 cm³/mol. The Bertz CT molecular complexity index is 1050. The Balaban J connectivity index is 1.34. The Morgan fingerprint density at radius 2 is 2.04 bits per heavy atom. The molecule has 26 heavy (non-hydrogen) atoms. The Morgan fingerprint density at radius 3 is 2.85 bits per heavy atom. The Morgan fingerprint density at radius 1 is 1.19 bits per heavy atom. The fourth-order valence-electron chi connectivity index (χ4n) is 3.24. The van der Waals surface area contributed by atoms with Crippen LogP contribution in [0.25, 0.3) is 16.2 Å². The van der Waals surface area contributed by atoms with Crippen LogP contribution in [0.2, 0.25) is 5.02 Å². The number of hydrogen-bond donors (Lipinski definition) is 1. The summed E-state index contributed by atoms with van der Waals surface area (Å²) >= 11 is 7.50. The van der Waals surface area contributed by atoms with Gasteiger partial charge in [0.25, 0.3) is 0 Å². The van der Waals surface area contributed by atoms with Gasteiger partial charge >= 0.3 is 0 Å². The number of aryl methyl sites for hydroxylation is 2. The summed E-state index contributed by atoms with van der Waals surface area (Å²) < 4.78 is 3.82. The molecule has 7 nitrogen and oxygen atoms in total. The van der Waals surface area contributed by atoms with Gasteiger partial charge in [0, 0.05) is 23.0 Å². The van der Waals surface area contributed by atoms with Gasteiger partial charge in [0.1, 0.15) is 11.6 Å². The second-order valence-electron chi connectivity index (χ2n) is 6.40. The molecular formula is C17H16ClN7S. The van der Waals surface area contributed by atoms with Gasteiger partial charge in [-0.05, 0) is 25.5 Å². The minimum atomic E-state index is 0.301. The summed E-state index contributed by atoms with van der Waals surface area (Å²) in [6, 6.07) is 7.97. The van der Waals surface area contributed by atoms with Crippen molar-refractivity contribution in [1.82, 2.24) is 29.4 Å². The smallest absolute Gasteiger partial charge is 0.214 e. The SMILES string of the molecule is Cc1nc2n(n1)CC(Nc1nn3cc(-c4ccc(Cl)cc4)nc3s1)CC2. The van der Waals surface area contributed by atoms with Crippen molar-refractivity contribution in [3.8, 4) is 11.3 Å². The van der Waals surface area contributed by atoms with Crippen LogP contribution in [0.15, 0.2) is 30.5 Å². The predicted octanol–water partition coefficient (Wildman–Crippen LogP) is 3.44. The van der Waals surface area contributed by atoms with Crippen LogP contribution >= 0.6 is 22.9 Å². The summed E-state index contributed by atoms with van der Waals surface area (Å²) in [5.41, 5.74) is 1.93. The van der Waals surface area contributed by atoms with Crippen LogP contribution < -0.4 is 5.32 Å². The average Bonchev–Trinajstić information content (AvgIpc) is 3.27. The van der Waals surface area contributed by atoms with Gasteiger partial charge in [0.15, 0.2) is 0 Å². The summed E-state index contributed by atoms with van der Waals surface area (Å²) in [5, 5.41) is 14.2. The van der Waals surface area contributed by atoms with E-state index in [0.29, 0.717) is 6.04 Å². The van der Waals surface area contributed by atoms with Crippen molar-refractivity contribution < 1.29 is 0 Å². The molecule has 0 spiro atoms. The molecular weight excluding hydrogens is 370 g/mol. The zero-order valence-corrected chi connectivity index (χ0v) is 15.6. The lowest BCUT2D eigenvalue weighted by Gasteiger charge is -2.22. The maximum Gasteiger partial charge on any atom is 0.214 e. The van der Waals surface area contributed by atoms with Crippen LogP contribution in [-0.2, 0) is 13.0 Å². The first-order chi connectivity index (χ1) is 12.6. The first-order valence-electron chi connectivity index (χ1n) is 8.43. The normalized spacial score (nSPS) is 16.8. The van der Waals surface area contributed by atoms with E-state index in [-0.39, 0.29) is 0 Å². The molecule has 1 atom stereocenters.